The number of fused-ring (bicyclic) bond motifs is 1. The van der Waals surface area contributed by atoms with Crippen LogP contribution in [0.1, 0.15) is 33.6 Å². The topological polar surface area (TPSA) is 86.7 Å². The normalized spacial score (nSPS) is 34.5. The van der Waals surface area contributed by atoms with Crippen LogP contribution >= 0.6 is 0 Å². The number of esters is 4. The van der Waals surface area contributed by atoms with Crippen LogP contribution in [0.5, 0.6) is 0 Å². The zero-order valence-electron chi connectivity index (χ0n) is 12.3. The monoisotopic (exact) mass is 294 g/mol. The number of ether oxygens (including phenoxy) is 2. The van der Waals surface area contributed by atoms with E-state index in [2.05, 4.69) is 9.47 Å². The molecule has 21 heavy (non-hydrogen) atoms. The van der Waals surface area contributed by atoms with Crippen LogP contribution in [0.15, 0.2) is 11.6 Å². The summed E-state index contributed by atoms with van der Waals surface area (Å²) in [5.41, 5.74) is 0.726. The molecule has 0 N–H and O–H groups in total. The molecule has 2 aliphatic heterocycles. The molecule has 4 atom stereocenters. The Hall–Kier alpha value is -1.98. The number of allylic oxidation sites excluding steroid dienone is 1. The van der Waals surface area contributed by atoms with E-state index < -0.39 is 41.6 Å². The lowest BCUT2D eigenvalue weighted by molar-refractivity contribution is -0.155. The molecule has 3 rings (SSSR count). The molecule has 0 amide bonds. The molecule has 1 aliphatic carbocycles. The van der Waals surface area contributed by atoms with Gasteiger partial charge in [-0.1, -0.05) is 25.5 Å². The van der Waals surface area contributed by atoms with Crippen molar-refractivity contribution < 1.29 is 28.7 Å². The number of carbonyl (C=O) groups is 4. The van der Waals surface area contributed by atoms with E-state index in [1.165, 1.54) is 0 Å². The molecule has 6 nitrogen and oxygen atoms in total. The Morgan fingerprint density at radius 3 is 2.14 bits per heavy atom. The molecule has 6 heteroatoms. The van der Waals surface area contributed by atoms with Crippen LogP contribution in [0, 0.1) is 23.7 Å². The highest BCUT2D eigenvalue weighted by molar-refractivity contribution is 5.99. The summed E-state index contributed by atoms with van der Waals surface area (Å²) in [4.78, 5) is 45.9. The number of hydrogen-bond acceptors (Lipinski definition) is 6. The maximum atomic E-state index is 11.6. The maximum Gasteiger partial charge on any atom is 0.321 e. The predicted molar refractivity (Wildman–Crippen MR) is 70.5 cm³/mol. The minimum atomic E-state index is -0.549. The molecule has 0 aromatic heterocycles. The van der Waals surface area contributed by atoms with E-state index >= 15 is 0 Å². The van der Waals surface area contributed by atoms with Crippen molar-refractivity contribution in [3.8, 4) is 0 Å². The van der Waals surface area contributed by atoms with Gasteiger partial charge < -0.3 is 9.47 Å². The highest BCUT2D eigenvalue weighted by Gasteiger charge is 2.51. The van der Waals surface area contributed by atoms with Crippen LogP contribution in [-0.2, 0) is 28.7 Å². The Morgan fingerprint density at radius 2 is 1.57 bits per heavy atom. The zero-order chi connectivity index (χ0) is 15.7. The Morgan fingerprint density at radius 1 is 0.952 bits per heavy atom. The Balaban J connectivity index is 0.000000774. The van der Waals surface area contributed by atoms with E-state index in [9.17, 15) is 19.2 Å². The van der Waals surface area contributed by atoms with Gasteiger partial charge in [0.25, 0.3) is 0 Å². The van der Waals surface area contributed by atoms with Gasteiger partial charge in [-0.05, 0) is 19.3 Å². The minimum Gasteiger partial charge on any atom is -0.393 e. The van der Waals surface area contributed by atoms with Crippen molar-refractivity contribution >= 4 is 23.9 Å². The zero-order valence-corrected chi connectivity index (χ0v) is 12.3. The third-order valence-corrected chi connectivity index (χ3v) is 4.07. The second-order valence-electron chi connectivity index (χ2n) is 5.24. The summed E-state index contributed by atoms with van der Waals surface area (Å²) < 4.78 is 9.17. The van der Waals surface area contributed by atoms with E-state index in [0.29, 0.717) is 6.42 Å². The van der Waals surface area contributed by atoms with Gasteiger partial charge in [0, 0.05) is 0 Å². The molecule has 2 saturated heterocycles. The predicted octanol–water partition coefficient (Wildman–Crippen LogP) is 1.38. The summed E-state index contributed by atoms with van der Waals surface area (Å²) >= 11 is 0. The quantitative estimate of drug-likeness (QED) is 0.412. The molecule has 0 aromatic rings. The van der Waals surface area contributed by atoms with Gasteiger partial charge in [0.05, 0.1) is 24.2 Å². The molecular formula is C15H18O6. The van der Waals surface area contributed by atoms with Crippen molar-refractivity contribution in [1.29, 1.82) is 0 Å². The van der Waals surface area contributed by atoms with Gasteiger partial charge in [0.1, 0.15) is 0 Å². The summed E-state index contributed by atoms with van der Waals surface area (Å²) in [6.07, 6.45) is 2.18. The van der Waals surface area contributed by atoms with Crippen LogP contribution in [0.2, 0.25) is 0 Å². The Bertz CT molecular complexity index is 532. The van der Waals surface area contributed by atoms with E-state index in [1.54, 1.807) is 13.0 Å². The lowest BCUT2D eigenvalue weighted by Gasteiger charge is -2.27. The molecular weight excluding hydrogens is 276 g/mol. The molecule has 0 spiro atoms. The summed E-state index contributed by atoms with van der Waals surface area (Å²) in [6, 6.07) is 0. The average Bonchev–Trinajstić information content (AvgIpc) is 2.92. The average molecular weight is 294 g/mol. The van der Waals surface area contributed by atoms with Gasteiger partial charge in [0.2, 0.25) is 0 Å². The molecule has 0 saturated carbocycles. The second kappa shape index (κ2) is 5.79. The van der Waals surface area contributed by atoms with Gasteiger partial charge >= 0.3 is 23.9 Å². The third-order valence-electron chi connectivity index (χ3n) is 4.07. The second-order valence-corrected chi connectivity index (χ2v) is 5.24. The Labute approximate surface area is 122 Å². The van der Waals surface area contributed by atoms with Gasteiger partial charge in [-0.25, -0.2) is 0 Å². The largest absolute Gasteiger partial charge is 0.393 e. The molecule has 0 radical (unpaired) electrons. The van der Waals surface area contributed by atoms with Crippen LogP contribution in [0.25, 0.3) is 0 Å². The SMILES string of the molecule is CC.CC1=CC(C2CC(=O)OC2=O)CC2C(=O)OC(=O)C12. The fourth-order valence-electron chi connectivity index (χ4n) is 3.18. The number of rotatable bonds is 1. The molecule has 2 fully saturated rings. The van der Waals surface area contributed by atoms with E-state index in [1.807, 2.05) is 13.8 Å². The van der Waals surface area contributed by atoms with Crippen LogP contribution < -0.4 is 0 Å². The smallest absolute Gasteiger partial charge is 0.321 e. The Kier molecular flexibility index (Phi) is 4.25. The number of hydrogen-bond donors (Lipinski definition) is 0. The molecule has 0 bridgehead atoms. The van der Waals surface area contributed by atoms with Gasteiger partial charge in [-0.15, -0.1) is 0 Å². The lowest BCUT2D eigenvalue weighted by Crippen LogP contribution is -2.31. The van der Waals surface area contributed by atoms with E-state index in [-0.39, 0.29) is 12.3 Å². The number of carbonyl (C=O) groups excluding carboxylic acids is 4. The lowest BCUT2D eigenvalue weighted by atomic mass is 9.72. The highest BCUT2D eigenvalue weighted by atomic mass is 16.6. The van der Waals surface area contributed by atoms with Crippen molar-refractivity contribution in [3.63, 3.8) is 0 Å². The van der Waals surface area contributed by atoms with Gasteiger partial charge in [0.15, 0.2) is 0 Å². The van der Waals surface area contributed by atoms with Gasteiger partial charge in [-0.3, -0.25) is 19.2 Å². The molecule has 114 valence electrons. The molecule has 2 heterocycles. The standard InChI is InChI=1S/C13H12O6.C2H6/c1-5-2-6(7-4-9(14)18-11(7)15)3-8-10(5)13(17)19-12(8)16;1-2/h2,6-8,10H,3-4H2,1H3;1-2H3. The van der Waals surface area contributed by atoms with Crippen LogP contribution in [-0.4, -0.2) is 23.9 Å². The summed E-state index contributed by atoms with van der Waals surface area (Å²) in [5, 5.41) is 0. The maximum absolute atomic E-state index is 11.6. The van der Waals surface area contributed by atoms with E-state index in [4.69, 9.17) is 0 Å². The van der Waals surface area contributed by atoms with Crippen molar-refractivity contribution in [2.45, 2.75) is 33.6 Å². The first kappa shape index (κ1) is 15.4. The molecule has 4 unspecified atom stereocenters. The first-order chi connectivity index (χ1) is 9.97. The van der Waals surface area contributed by atoms with Crippen molar-refractivity contribution in [2.24, 2.45) is 23.7 Å². The van der Waals surface area contributed by atoms with E-state index in [0.717, 1.165) is 5.57 Å². The van der Waals surface area contributed by atoms with Crippen LogP contribution in [0.4, 0.5) is 0 Å². The van der Waals surface area contributed by atoms with Crippen molar-refractivity contribution in [3.05, 3.63) is 11.6 Å². The first-order valence-electron chi connectivity index (χ1n) is 7.15. The third kappa shape index (κ3) is 2.62. The fraction of sp³-hybridized carbons (Fsp3) is 0.600. The van der Waals surface area contributed by atoms with Crippen LogP contribution in [0.3, 0.4) is 0 Å². The summed E-state index contributed by atoms with van der Waals surface area (Å²) in [6.45, 7) is 5.74. The first-order valence-corrected chi connectivity index (χ1v) is 7.15. The minimum absolute atomic E-state index is 0.0354. The van der Waals surface area contributed by atoms with Crippen molar-refractivity contribution in [1.82, 2.24) is 0 Å². The fourth-order valence-corrected chi connectivity index (χ4v) is 3.18. The van der Waals surface area contributed by atoms with Gasteiger partial charge in [-0.2, -0.15) is 0 Å². The number of cyclic esters (lactones) is 4. The summed E-state index contributed by atoms with van der Waals surface area (Å²) in [7, 11) is 0. The van der Waals surface area contributed by atoms with Crippen molar-refractivity contribution in [2.75, 3.05) is 0 Å². The molecule has 3 aliphatic rings. The molecule has 0 aromatic carbocycles. The highest BCUT2D eigenvalue weighted by Crippen LogP contribution is 2.43. The summed E-state index contributed by atoms with van der Waals surface area (Å²) in [5.74, 6) is -4.01.